The standard InChI is InChI=1S/C13H16N2O2/c1-14-8-13(9-14,12(16)17)15-7-6-10-4-2-3-5-11(10)15/h2-5H,6-9H2,1H3,(H,16,17). The highest BCUT2D eigenvalue weighted by Gasteiger charge is 2.54. The van der Waals surface area contributed by atoms with Crippen molar-refractivity contribution in [3.8, 4) is 0 Å². The molecule has 90 valence electrons. The van der Waals surface area contributed by atoms with E-state index in [0.29, 0.717) is 13.1 Å². The van der Waals surface area contributed by atoms with E-state index in [0.717, 1.165) is 18.7 Å². The van der Waals surface area contributed by atoms with Crippen molar-refractivity contribution >= 4 is 11.7 Å². The zero-order chi connectivity index (χ0) is 12.0. The molecular weight excluding hydrogens is 216 g/mol. The molecule has 0 saturated carbocycles. The molecule has 0 radical (unpaired) electrons. The number of likely N-dealkylation sites (N-methyl/N-ethyl adjacent to an activating group) is 1. The topological polar surface area (TPSA) is 43.8 Å². The molecular formula is C13H16N2O2. The molecule has 1 aromatic carbocycles. The summed E-state index contributed by atoms with van der Waals surface area (Å²) in [6.07, 6.45) is 0.953. The summed E-state index contributed by atoms with van der Waals surface area (Å²) in [6, 6.07) is 8.12. The van der Waals surface area contributed by atoms with Crippen LogP contribution in [0, 0.1) is 0 Å². The van der Waals surface area contributed by atoms with Crippen molar-refractivity contribution in [2.24, 2.45) is 0 Å². The first-order valence-corrected chi connectivity index (χ1v) is 5.91. The molecule has 0 aromatic heterocycles. The number of hydrogen-bond acceptors (Lipinski definition) is 3. The maximum atomic E-state index is 11.6. The fraction of sp³-hybridized carbons (Fsp3) is 0.462. The second-order valence-corrected chi connectivity index (χ2v) is 5.04. The number of benzene rings is 1. The fourth-order valence-corrected chi connectivity index (χ4v) is 3.05. The summed E-state index contributed by atoms with van der Waals surface area (Å²) < 4.78 is 0. The predicted octanol–water partition coefficient (Wildman–Crippen LogP) is 0.818. The lowest BCUT2D eigenvalue weighted by Gasteiger charge is -2.51. The number of rotatable bonds is 2. The largest absolute Gasteiger partial charge is 0.479 e. The van der Waals surface area contributed by atoms with E-state index < -0.39 is 11.5 Å². The Morgan fingerprint density at radius 1 is 1.35 bits per heavy atom. The molecule has 4 nitrogen and oxygen atoms in total. The van der Waals surface area contributed by atoms with Gasteiger partial charge in [-0.3, -0.25) is 0 Å². The molecule has 3 rings (SSSR count). The Balaban J connectivity index is 1.98. The number of carbonyl (C=O) groups is 1. The monoisotopic (exact) mass is 232 g/mol. The molecule has 2 aliphatic heterocycles. The fourth-order valence-electron chi connectivity index (χ4n) is 3.05. The molecule has 2 heterocycles. The lowest BCUT2D eigenvalue weighted by molar-refractivity contribution is -0.149. The van der Waals surface area contributed by atoms with Crippen LogP contribution in [-0.4, -0.2) is 48.2 Å². The van der Waals surface area contributed by atoms with Gasteiger partial charge in [-0.05, 0) is 25.1 Å². The molecule has 0 unspecified atom stereocenters. The van der Waals surface area contributed by atoms with Crippen LogP contribution in [0.15, 0.2) is 24.3 Å². The van der Waals surface area contributed by atoms with Crippen LogP contribution in [0.3, 0.4) is 0 Å². The summed E-state index contributed by atoms with van der Waals surface area (Å²) in [5, 5.41) is 9.52. The van der Waals surface area contributed by atoms with E-state index in [1.807, 2.05) is 25.2 Å². The van der Waals surface area contributed by atoms with Crippen LogP contribution >= 0.6 is 0 Å². The quantitative estimate of drug-likeness (QED) is 0.820. The van der Waals surface area contributed by atoms with Gasteiger partial charge in [0.1, 0.15) is 0 Å². The van der Waals surface area contributed by atoms with Crippen LogP contribution in [0.5, 0.6) is 0 Å². The van der Waals surface area contributed by atoms with Crippen molar-refractivity contribution in [1.82, 2.24) is 4.90 Å². The molecule has 2 aliphatic rings. The molecule has 1 saturated heterocycles. The number of hydrogen-bond donors (Lipinski definition) is 1. The van der Waals surface area contributed by atoms with Crippen LogP contribution in [0.25, 0.3) is 0 Å². The van der Waals surface area contributed by atoms with Crippen LogP contribution in [0.2, 0.25) is 0 Å². The van der Waals surface area contributed by atoms with Crippen molar-refractivity contribution < 1.29 is 9.90 Å². The second-order valence-electron chi connectivity index (χ2n) is 5.04. The Morgan fingerprint density at radius 3 is 2.71 bits per heavy atom. The number of carboxylic acids is 1. The maximum Gasteiger partial charge on any atom is 0.332 e. The molecule has 0 amide bonds. The zero-order valence-electron chi connectivity index (χ0n) is 9.89. The summed E-state index contributed by atoms with van der Waals surface area (Å²) in [7, 11) is 1.96. The zero-order valence-corrected chi connectivity index (χ0v) is 9.89. The first kappa shape index (κ1) is 10.6. The summed E-state index contributed by atoms with van der Waals surface area (Å²) >= 11 is 0. The van der Waals surface area contributed by atoms with Gasteiger partial charge in [-0.2, -0.15) is 0 Å². The van der Waals surface area contributed by atoms with E-state index in [1.54, 1.807) is 0 Å². The SMILES string of the molecule is CN1CC(C(=O)O)(N2CCc3ccccc32)C1. The van der Waals surface area contributed by atoms with Crippen molar-refractivity contribution in [2.75, 3.05) is 31.6 Å². The molecule has 0 bridgehead atoms. The minimum absolute atomic E-state index is 0.608. The summed E-state index contributed by atoms with van der Waals surface area (Å²) in [5.41, 5.74) is 1.66. The van der Waals surface area contributed by atoms with E-state index in [1.165, 1.54) is 5.56 Å². The summed E-state index contributed by atoms with van der Waals surface area (Å²) in [5.74, 6) is -0.702. The van der Waals surface area contributed by atoms with Crippen molar-refractivity contribution in [3.63, 3.8) is 0 Å². The van der Waals surface area contributed by atoms with Gasteiger partial charge < -0.3 is 14.9 Å². The van der Waals surface area contributed by atoms with E-state index >= 15 is 0 Å². The third-order valence-electron chi connectivity index (χ3n) is 3.86. The predicted molar refractivity (Wildman–Crippen MR) is 65.4 cm³/mol. The molecule has 4 heteroatoms. The molecule has 0 spiro atoms. The van der Waals surface area contributed by atoms with Gasteiger partial charge in [0.2, 0.25) is 0 Å². The Kier molecular flexibility index (Phi) is 2.16. The summed E-state index contributed by atoms with van der Waals surface area (Å²) in [6.45, 7) is 2.03. The number of anilines is 1. The molecule has 0 atom stereocenters. The van der Waals surface area contributed by atoms with E-state index in [4.69, 9.17) is 0 Å². The lowest BCUT2D eigenvalue weighted by Crippen LogP contribution is -2.73. The molecule has 1 fully saturated rings. The highest BCUT2D eigenvalue weighted by molar-refractivity contribution is 5.87. The van der Waals surface area contributed by atoms with E-state index in [-0.39, 0.29) is 0 Å². The van der Waals surface area contributed by atoms with Crippen LogP contribution < -0.4 is 4.90 Å². The lowest BCUT2D eigenvalue weighted by atomic mass is 9.88. The van der Waals surface area contributed by atoms with Crippen molar-refractivity contribution in [2.45, 2.75) is 12.0 Å². The number of likely N-dealkylation sites (tertiary alicyclic amines) is 1. The van der Waals surface area contributed by atoms with Crippen LogP contribution in [0.4, 0.5) is 5.69 Å². The molecule has 1 N–H and O–H groups in total. The van der Waals surface area contributed by atoms with Crippen molar-refractivity contribution in [1.29, 1.82) is 0 Å². The average molecular weight is 232 g/mol. The van der Waals surface area contributed by atoms with Gasteiger partial charge in [0.15, 0.2) is 5.54 Å². The number of para-hydroxylation sites is 1. The van der Waals surface area contributed by atoms with Gasteiger partial charge in [0, 0.05) is 25.3 Å². The first-order valence-electron chi connectivity index (χ1n) is 5.91. The normalized spacial score (nSPS) is 22.1. The van der Waals surface area contributed by atoms with E-state index in [2.05, 4.69) is 15.9 Å². The highest BCUT2D eigenvalue weighted by atomic mass is 16.4. The molecule has 1 aromatic rings. The van der Waals surface area contributed by atoms with Crippen LogP contribution in [-0.2, 0) is 11.2 Å². The van der Waals surface area contributed by atoms with E-state index in [9.17, 15) is 9.90 Å². The maximum absolute atomic E-state index is 11.6. The summed E-state index contributed by atoms with van der Waals surface area (Å²) in [4.78, 5) is 15.7. The Morgan fingerprint density at radius 2 is 2.06 bits per heavy atom. The highest BCUT2D eigenvalue weighted by Crippen LogP contribution is 2.37. The number of nitrogens with zero attached hydrogens (tertiary/aromatic N) is 2. The smallest absolute Gasteiger partial charge is 0.332 e. The third-order valence-corrected chi connectivity index (χ3v) is 3.86. The number of aliphatic carboxylic acids is 1. The number of carboxylic acid groups (broad SMARTS) is 1. The van der Waals surface area contributed by atoms with Gasteiger partial charge in [0.05, 0.1) is 0 Å². The van der Waals surface area contributed by atoms with Gasteiger partial charge in [0.25, 0.3) is 0 Å². The van der Waals surface area contributed by atoms with Crippen molar-refractivity contribution in [3.05, 3.63) is 29.8 Å². The number of fused-ring (bicyclic) bond motifs is 1. The van der Waals surface area contributed by atoms with Gasteiger partial charge >= 0.3 is 5.97 Å². The van der Waals surface area contributed by atoms with Gasteiger partial charge in [-0.25, -0.2) is 4.79 Å². The van der Waals surface area contributed by atoms with Crippen LogP contribution in [0.1, 0.15) is 5.56 Å². The second kappa shape index (κ2) is 3.47. The third kappa shape index (κ3) is 1.37. The Bertz CT molecular complexity index is 466. The van der Waals surface area contributed by atoms with Gasteiger partial charge in [-0.15, -0.1) is 0 Å². The Hall–Kier alpha value is -1.55. The molecule has 0 aliphatic carbocycles. The molecule has 17 heavy (non-hydrogen) atoms. The Labute approximate surface area is 100 Å². The van der Waals surface area contributed by atoms with Gasteiger partial charge in [-0.1, -0.05) is 18.2 Å². The minimum Gasteiger partial charge on any atom is -0.479 e. The average Bonchev–Trinajstić information content (AvgIpc) is 2.68. The first-order chi connectivity index (χ1) is 8.13. The minimum atomic E-state index is -0.707.